The summed E-state index contributed by atoms with van der Waals surface area (Å²) < 4.78 is 0. The average molecular weight is 641 g/mol. The van der Waals surface area contributed by atoms with Crippen molar-refractivity contribution in [1.82, 2.24) is 25.5 Å². The van der Waals surface area contributed by atoms with E-state index in [1.165, 1.54) is 22.3 Å². The number of aryl methyl sites for hydroxylation is 1. The molecule has 1 aliphatic carbocycles. The third-order valence-electron chi connectivity index (χ3n) is 9.52. The van der Waals surface area contributed by atoms with E-state index < -0.39 is 0 Å². The summed E-state index contributed by atoms with van der Waals surface area (Å²) >= 11 is 1.99. The molecule has 3 aromatic rings. The highest BCUT2D eigenvalue weighted by Gasteiger charge is 2.42. The van der Waals surface area contributed by atoms with Crippen LogP contribution >= 0.6 is 11.8 Å². The van der Waals surface area contributed by atoms with Gasteiger partial charge in [0, 0.05) is 55.6 Å². The van der Waals surface area contributed by atoms with E-state index in [1.54, 1.807) is 0 Å². The molecule has 0 bridgehead atoms. The lowest BCUT2D eigenvalue weighted by molar-refractivity contribution is -0.121. The summed E-state index contributed by atoms with van der Waals surface area (Å²) in [6, 6.07) is 17.5. The molecule has 3 N–H and O–H groups in total. The molecular formula is C37H48N6O2S. The zero-order valence-electron chi connectivity index (χ0n) is 27.3. The molecule has 6 rings (SSSR count). The number of amides is 2. The molecule has 9 heteroatoms. The van der Waals surface area contributed by atoms with Crippen LogP contribution in [0.25, 0.3) is 11.1 Å². The molecule has 8 nitrogen and oxygen atoms in total. The highest BCUT2D eigenvalue weighted by Crippen LogP contribution is 2.41. The van der Waals surface area contributed by atoms with E-state index in [0.29, 0.717) is 36.6 Å². The first-order valence-electron chi connectivity index (χ1n) is 17.1. The molecule has 0 spiro atoms. The maximum Gasteiger partial charge on any atom is 0.220 e. The van der Waals surface area contributed by atoms with Gasteiger partial charge in [0.2, 0.25) is 11.8 Å². The van der Waals surface area contributed by atoms with Gasteiger partial charge in [-0.15, -0.1) is 0 Å². The zero-order chi connectivity index (χ0) is 31.9. The van der Waals surface area contributed by atoms with Crippen molar-refractivity contribution in [2.75, 3.05) is 44.3 Å². The van der Waals surface area contributed by atoms with Crippen LogP contribution in [0.5, 0.6) is 0 Å². The van der Waals surface area contributed by atoms with E-state index >= 15 is 0 Å². The summed E-state index contributed by atoms with van der Waals surface area (Å²) in [7, 11) is 2.15. The number of nitrogens with zero attached hydrogens (tertiary/aromatic N) is 3. The number of hydrogen-bond acceptors (Lipinski definition) is 7. The van der Waals surface area contributed by atoms with Crippen LogP contribution in [0.4, 0.5) is 5.82 Å². The summed E-state index contributed by atoms with van der Waals surface area (Å²) in [4.78, 5) is 36.4. The monoisotopic (exact) mass is 640 g/mol. The van der Waals surface area contributed by atoms with Gasteiger partial charge in [-0.2, -0.15) is 11.8 Å². The third-order valence-corrected chi connectivity index (χ3v) is 11.1. The fourth-order valence-electron chi connectivity index (χ4n) is 7.11. The molecule has 0 radical (unpaired) electrons. The Bertz CT molecular complexity index is 1520. The lowest BCUT2D eigenvalue weighted by Crippen LogP contribution is -2.34. The summed E-state index contributed by atoms with van der Waals surface area (Å²) in [5.74, 6) is 3.77. The van der Waals surface area contributed by atoms with Gasteiger partial charge in [-0.25, -0.2) is 9.97 Å². The summed E-state index contributed by atoms with van der Waals surface area (Å²) in [5.41, 5.74) is 7.35. The number of thioether (sulfide) groups is 1. The van der Waals surface area contributed by atoms with Gasteiger partial charge in [0.05, 0.1) is 5.69 Å². The zero-order valence-corrected chi connectivity index (χ0v) is 28.1. The number of aromatic nitrogens is 2. The minimum Gasteiger partial charge on any atom is -0.369 e. The fourth-order valence-corrected chi connectivity index (χ4v) is 8.76. The number of carbonyl (C=O) groups excluding carboxylic acids is 2. The minimum atomic E-state index is 0.152. The van der Waals surface area contributed by atoms with Crippen molar-refractivity contribution >= 4 is 29.4 Å². The van der Waals surface area contributed by atoms with Crippen LogP contribution in [0.3, 0.4) is 0 Å². The van der Waals surface area contributed by atoms with Crippen LogP contribution < -0.4 is 16.0 Å². The minimum absolute atomic E-state index is 0.152. The predicted molar refractivity (Wildman–Crippen MR) is 187 cm³/mol. The number of carbonyl (C=O) groups is 2. The van der Waals surface area contributed by atoms with Crippen LogP contribution in [0, 0.1) is 12.8 Å². The molecule has 0 unspecified atom stereocenters. The summed E-state index contributed by atoms with van der Waals surface area (Å²) in [5, 5.41) is 10.4. The first-order chi connectivity index (χ1) is 22.4. The molecule has 0 saturated carbocycles. The molecule has 46 heavy (non-hydrogen) atoms. The number of hydrogen-bond donors (Lipinski definition) is 3. The Kier molecular flexibility index (Phi) is 10.9. The van der Waals surface area contributed by atoms with Crippen molar-refractivity contribution in [3.8, 4) is 11.1 Å². The van der Waals surface area contributed by atoms with Gasteiger partial charge >= 0.3 is 0 Å². The van der Waals surface area contributed by atoms with Crippen LogP contribution in [-0.4, -0.2) is 77.0 Å². The van der Waals surface area contributed by atoms with Gasteiger partial charge in [0.15, 0.2) is 0 Å². The van der Waals surface area contributed by atoms with E-state index in [0.717, 1.165) is 93.2 Å². The van der Waals surface area contributed by atoms with Crippen molar-refractivity contribution in [2.24, 2.45) is 5.92 Å². The molecule has 3 heterocycles. The first kappa shape index (κ1) is 32.5. The van der Waals surface area contributed by atoms with E-state index in [4.69, 9.17) is 9.97 Å². The Morgan fingerprint density at radius 3 is 2.72 bits per heavy atom. The van der Waals surface area contributed by atoms with Crippen LogP contribution in [0.15, 0.2) is 48.5 Å². The molecule has 3 atom stereocenters. The second-order valence-corrected chi connectivity index (χ2v) is 14.5. The second kappa shape index (κ2) is 15.4. The van der Waals surface area contributed by atoms with Crippen molar-refractivity contribution < 1.29 is 9.59 Å². The first-order valence-corrected chi connectivity index (χ1v) is 18.1. The molecule has 2 aliphatic heterocycles. The Morgan fingerprint density at radius 2 is 1.87 bits per heavy atom. The normalized spacial score (nSPS) is 19.5. The Balaban J connectivity index is 0.893. The quantitative estimate of drug-likeness (QED) is 0.142. The van der Waals surface area contributed by atoms with Crippen LogP contribution in [0.2, 0.25) is 0 Å². The maximum atomic E-state index is 12.3. The number of benzene rings is 2. The van der Waals surface area contributed by atoms with Crippen molar-refractivity contribution in [3.63, 3.8) is 0 Å². The molecule has 2 fully saturated rings. The highest BCUT2D eigenvalue weighted by atomic mass is 32.2. The molecule has 2 amide bonds. The second-order valence-electron chi connectivity index (χ2n) is 13.3. The Hall–Kier alpha value is -3.43. The highest BCUT2D eigenvalue weighted by molar-refractivity contribution is 8.00. The van der Waals surface area contributed by atoms with E-state index in [1.807, 2.05) is 17.8 Å². The standard InChI is InChI=1S/C37H48N6O2S/c1-25-14-15-29-27(20-25)22-30-35(29)37(41-32(40-30)21-26-10-4-3-5-11-26)39-17-9-19-43(2)18-8-16-38-33(44)13-7-6-12-31-36-28(24-46-31)23-34(45)42-36/h3-5,10-11,14-15,20,28,31,36H,6-9,12-13,16-19,21-24H2,1-2H3,(H,38,44)(H,42,45)(H,39,40,41)/t28-,31-,36-/m0/s1. The SMILES string of the molecule is Cc1ccc2c(c1)Cc1nc(Cc3ccccc3)nc(NCCCN(C)CCCNC(=O)CCCC[C@@H]3SC[C@@H]4CC(=O)N[C@@H]43)c1-2. The van der Waals surface area contributed by atoms with Crippen LogP contribution in [0.1, 0.15) is 73.2 Å². The third kappa shape index (κ3) is 8.28. The Labute approximate surface area is 277 Å². The molecular weight excluding hydrogens is 593 g/mol. The van der Waals surface area contributed by atoms with Gasteiger partial charge in [0.1, 0.15) is 11.6 Å². The number of unbranched alkanes of at least 4 members (excludes halogenated alkanes) is 1. The predicted octanol–water partition coefficient (Wildman–Crippen LogP) is 5.37. The van der Waals surface area contributed by atoms with Gasteiger partial charge in [0.25, 0.3) is 0 Å². The number of fused-ring (bicyclic) bond motifs is 4. The van der Waals surface area contributed by atoms with Gasteiger partial charge in [-0.05, 0) is 81.1 Å². The number of nitrogens with one attached hydrogen (secondary N) is 3. The van der Waals surface area contributed by atoms with Crippen molar-refractivity contribution in [1.29, 1.82) is 0 Å². The van der Waals surface area contributed by atoms with Crippen LogP contribution in [-0.2, 0) is 22.4 Å². The smallest absolute Gasteiger partial charge is 0.220 e. The van der Waals surface area contributed by atoms with Crippen molar-refractivity contribution in [2.45, 2.75) is 76.0 Å². The molecule has 2 saturated heterocycles. The van der Waals surface area contributed by atoms with Gasteiger partial charge in [-0.3, -0.25) is 9.59 Å². The van der Waals surface area contributed by atoms with E-state index in [2.05, 4.69) is 77.3 Å². The fraction of sp³-hybridized carbons (Fsp3) is 0.514. The number of anilines is 1. The lowest BCUT2D eigenvalue weighted by atomic mass is 9.97. The largest absolute Gasteiger partial charge is 0.369 e. The maximum absolute atomic E-state index is 12.3. The number of rotatable bonds is 16. The van der Waals surface area contributed by atoms with Crippen molar-refractivity contribution in [3.05, 3.63) is 76.7 Å². The Morgan fingerprint density at radius 1 is 1.04 bits per heavy atom. The molecule has 1 aromatic heterocycles. The average Bonchev–Trinajstić information content (AvgIpc) is 3.71. The van der Waals surface area contributed by atoms with E-state index in [9.17, 15) is 9.59 Å². The van der Waals surface area contributed by atoms with Gasteiger partial charge < -0.3 is 20.9 Å². The lowest BCUT2D eigenvalue weighted by Gasteiger charge is -2.18. The molecule has 3 aliphatic rings. The molecule has 2 aromatic carbocycles. The topological polar surface area (TPSA) is 99.2 Å². The summed E-state index contributed by atoms with van der Waals surface area (Å²) in [6.07, 6.45) is 7.83. The van der Waals surface area contributed by atoms with E-state index in [-0.39, 0.29) is 11.8 Å². The molecule has 244 valence electrons. The van der Waals surface area contributed by atoms with Gasteiger partial charge in [-0.1, -0.05) is 60.5 Å². The summed E-state index contributed by atoms with van der Waals surface area (Å²) in [6.45, 7) is 5.62.